The van der Waals surface area contributed by atoms with Gasteiger partial charge in [0.2, 0.25) is 5.88 Å². The normalized spacial score (nSPS) is 10.6. The van der Waals surface area contributed by atoms with Crippen molar-refractivity contribution in [3.05, 3.63) is 35.4 Å². The first-order valence-corrected chi connectivity index (χ1v) is 4.67. The van der Waals surface area contributed by atoms with Gasteiger partial charge in [-0.15, -0.1) is 0 Å². The Hall–Kier alpha value is -2.05. The van der Waals surface area contributed by atoms with Crippen LogP contribution in [0.4, 0.5) is 13.2 Å². The number of aryl methyl sites for hydroxylation is 2. The summed E-state index contributed by atoms with van der Waals surface area (Å²) in [6, 6.07) is 1.89. The van der Waals surface area contributed by atoms with E-state index < -0.39 is 23.5 Å². The molecular formula is C10H8F3N3O. The molecule has 0 saturated carbocycles. The monoisotopic (exact) mass is 243 g/mol. The molecule has 2 aromatic rings. The number of nitrogens with zero attached hydrogens (tertiary/aromatic N) is 3. The van der Waals surface area contributed by atoms with Crippen molar-refractivity contribution >= 4 is 0 Å². The molecule has 0 fully saturated rings. The molecule has 7 heteroatoms. The molecule has 0 amide bonds. The molecule has 0 bridgehead atoms. The van der Waals surface area contributed by atoms with E-state index in [0.29, 0.717) is 11.8 Å². The standard InChI is InChI=1S/C10H8F3N3O/c1-5-3-8(16(2)15-5)17-10-7(12)4-6(11)9(13)14-10/h3-4H,1-2H3. The number of hydrogen-bond acceptors (Lipinski definition) is 3. The highest BCUT2D eigenvalue weighted by molar-refractivity contribution is 5.23. The predicted octanol–water partition coefficient (Wildman–Crippen LogP) is 2.33. The van der Waals surface area contributed by atoms with E-state index in [1.165, 1.54) is 10.7 Å². The number of pyridine rings is 1. The van der Waals surface area contributed by atoms with Crippen LogP contribution in [-0.2, 0) is 7.05 Å². The molecule has 0 atom stereocenters. The van der Waals surface area contributed by atoms with E-state index in [1.54, 1.807) is 14.0 Å². The zero-order valence-electron chi connectivity index (χ0n) is 9.04. The summed E-state index contributed by atoms with van der Waals surface area (Å²) in [7, 11) is 1.57. The van der Waals surface area contributed by atoms with Crippen LogP contribution in [0.25, 0.3) is 0 Å². The molecule has 2 rings (SSSR count). The second-order valence-electron chi connectivity index (χ2n) is 3.40. The summed E-state index contributed by atoms with van der Waals surface area (Å²) < 4.78 is 45.0. The highest BCUT2D eigenvalue weighted by atomic mass is 19.2. The minimum absolute atomic E-state index is 0.180. The molecule has 0 spiro atoms. The number of halogens is 3. The van der Waals surface area contributed by atoms with E-state index in [2.05, 4.69) is 10.1 Å². The molecule has 0 aliphatic carbocycles. The lowest BCUT2D eigenvalue weighted by molar-refractivity contribution is 0.364. The molecule has 2 heterocycles. The van der Waals surface area contributed by atoms with Crippen LogP contribution in [0.1, 0.15) is 5.69 Å². The maximum atomic E-state index is 13.2. The Morgan fingerprint density at radius 2 is 1.88 bits per heavy atom. The van der Waals surface area contributed by atoms with Gasteiger partial charge in [-0.3, -0.25) is 0 Å². The summed E-state index contributed by atoms with van der Waals surface area (Å²) in [5, 5.41) is 3.95. The molecule has 0 aliphatic heterocycles. The third-order valence-corrected chi connectivity index (χ3v) is 2.01. The summed E-state index contributed by atoms with van der Waals surface area (Å²) in [5.41, 5.74) is 0.644. The fraction of sp³-hybridized carbons (Fsp3) is 0.200. The van der Waals surface area contributed by atoms with Crippen molar-refractivity contribution < 1.29 is 17.9 Å². The van der Waals surface area contributed by atoms with E-state index in [-0.39, 0.29) is 5.88 Å². The Morgan fingerprint density at radius 1 is 1.18 bits per heavy atom. The predicted molar refractivity (Wildman–Crippen MR) is 52.1 cm³/mol. The lowest BCUT2D eigenvalue weighted by Gasteiger charge is -2.05. The quantitative estimate of drug-likeness (QED) is 0.760. The molecule has 17 heavy (non-hydrogen) atoms. The van der Waals surface area contributed by atoms with Crippen molar-refractivity contribution in [3.63, 3.8) is 0 Å². The summed E-state index contributed by atoms with van der Waals surface area (Å²) >= 11 is 0. The molecule has 0 radical (unpaired) electrons. The Balaban J connectivity index is 2.36. The van der Waals surface area contributed by atoms with Crippen molar-refractivity contribution in [2.24, 2.45) is 7.05 Å². The van der Waals surface area contributed by atoms with Crippen LogP contribution in [-0.4, -0.2) is 14.8 Å². The van der Waals surface area contributed by atoms with E-state index in [0.717, 1.165) is 0 Å². The number of hydrogen-bond donors (Lipinski definition) is 0. The van der Waals surface area contributed by atoms with Gasteiger partial charge in [-0.1, -0.05) is 0 Å². The van der Waals surface area contributed by atoms with Gasteiger partial charge >= 0.3 is 0 Å². The fourth-order valence-corrected chi connectivity index (χ4v) is 1.28. The highest BCUT2D eigenvalue weighted by Gasteiger charge is 2.15. The maximum absolute atomic E-state index is 13.2. The molecule has 0 N–H and O–H groups in total. The van der Waals surface area contributed by atoms with Gasteiger partial charge in [0.05, 0.1) is 5.69 Å². The summed E-state index contributed by atoms with van der Waals surface area (Å²) in [4.78, 5) is 3.04. The maximum Gasteiger partial charge on any atom is 0.260 e. The molecule has 2 aromatic heterocycles. The van der Waals surface area contributed by atoms with Crippen molar-refractivity contribution in [2.75, 3.05) is 0 Å². The molecular weight excluding hydrogens is 235 g/mol. The van der Waals surface area contributed by atoms with E-state index in [4.69, 9.17) is 4.74 Å². The van der Waals surface area contributed by atoms with Crippen molar-refractivity contribution in [2.45, 2.75) is 6.92 Å². The van der Waals surface area contributed by atoms with Gasteiger partial charge in [0, 0.05) is 19.2 Å². The largest absolute Gasteiger partial charge is 0.418 e. The third-order valence-electron chi connectivity index (χ3n) is 2.01. The van der Waals surface area contributed by atoms with Crippen LogP contribution >= 0.6 is 0 Å². The average molecular weight is 243 g/mol. The van der Waals surface area contributed by atoms with Crippen LogP contribution in [0.2, 0.25) is 0 Å². The average Bonchev–Trinajstić information content (AvgIpc) is 2.54. The van der Waals surface area contributed by atoms with Crippen molar-refractivity contribution in [1.82, 2.24) is 14.8 Å². The van der Waals surface area contributed by atoms with Crippen molar-refractivity contribution in [1.29, 1.82) is 0 Å². The van der Waals surface area contributed by atoms with Crippen LogP contribution in [0, 0.1) is 24.5 Å². The summed E-state index contributed by atoms with van der Waals surface area (Å²) in [6.45, 7) is 1.71. The summed E-state index contributed by atoms with van der Waals surface area (Å²) in [5.74, 6) is -4.31. The minimum Gasteiger partial charge on any atom is -0.418 e. The molecule has 0 aromatic carbocycles. The van der Waals surface area contributed by atoms with Gasteiger partial charge in [-0.2, -0.15) is 14.5 Å². The van der Waals surface area contributed by atoms with Crippen LogP contribution in [0.3, 0.4) is 0 Å². The third kappa shape index (κ3) is 2.22. The number of ether oxygens (including phenoxy) is 1. The van der Waals surface area contributed by atoms with Crippen LogP contribution < -0.4 is 4.74 Å². The Morgan fingerprint density at radius 3 is 2.47 bits per heavy atom. The molecule has 0 saturated heterocycles. The molecule has 4 nitrogen and oxygen atoms in total. The zero-order chi connectivity index (χ0) is 12.6. The van der Waals surface area contributed by atoms with E-state index in [9.17, 15) is 13.2 Å². The zero-order valence-corrected chi connectivity index (χ0v) is 9.04. The second-order valence-corrected chi connectivity index (χ2v) is 3.40. The number of rotatable bonds is 2. The Bertz CT molecular complexity index is 568. The van der Waals surface area contributed by atoms with E-state index >= 15 is 0 Å². The molecule has 0 unspecified atom stereocenters. The Kier molecular flexibility index (Phi) is 2.74. The van der Waals surface area contributed by atoms with Gasteiger partial charge in [-0.05, 0) is 6.92 Å². The van der Waals surface area contributed by atoms with Gasteiger partial charge in [-0.25, -0.2) is 13.5 Å². The highest BCUT2D eigenvalue weighted by Crippen LogP contribution is 2.23. The van der Waals surface area contributed by atoms with Gasteiger partial charge in [0.25, 0.3) is 11.8 Å². The van der Waals surface area contributed by atoms with Gasteiger partial charge in [0.15, 0.2) is 11.6 Å². The lowest BCUT2D eigenvalue weighted by atomic mass is 10.4. The van der Waals surface area contributed by atoms with Gasteiger partial charge < -0.3 is 4.74 Å². The first-order valence-electron chi connectivity index (χ1n) is 4.67. The smallest absolute Gasteiger partial charge is 0.260 e. The summed E-state index contributed by atoms with van der Waals surface area (Å²) in [6.07, 6.45) is 0. The molecule has 0 aliphatic rings. The van der Waals surface area contributed by atoms with Crippen LogP contribution in [0.5, 0.6) is 11.8 Å². The second kappa shape index (κ2) is 4.08. The van der Waals surface area contributed by atoms with E-state index in [1.807, 2.05) is 0 Å². The molecule has 90 valence electrons. The SMILES string of the molecule is Cc1cc(Oc2nc(F)c(F)cc2F)n(C)n1. The van der Waals surface area contributed by atoms with Crippen LogP contribution in [0.15, 0.2) is 12.1 Å². The fourth-order valence-electron chi connectivity index (χ4n) is 1.28. The van der Waals surface area contributed by atoms with Gasteiger partial charge in [0.1, 0.15) is 0 Å². The van der Waals surface area contributed by atoms with Crippen molar-refractivity contribution in [3.8, 4) is 11.8 Å². The number of aromatic nitrogens is 3. The Labute approximate surface area is 94.7 Å². The first kappa shape index (κ1) is 11.4. The first-order chi connectivity index (χ1) is 7.97. The topological polar surface area (TPSA) is 39.9 Å². The lowest BCUT2D eigenvalue weighted by Crippen LogP contribution is -2.01. The minimum atomic E-state index is -1.42.